The predicted molar refractivity (Wildman–Crippen MR) is 130 cm³/mol. The monoisotopic (exact) mass is 545 g/mol. The Morgan fingerprint density at radius 3 is 2.47 bits per heavy atom. The van der Waals surface area contributed by atoms with E-state index in [2.05, 4.69) is 15.4 Å². The van der Waals surface area contributed by atoms with Gasteiger partial charge in [0.15, 0.2) is 0 Å². The van der Waals surface area contributed by atoms with Crippen molar-refractivity contribution < 1.29 is 27.5 Å². The fourth-order valence-corrected chi connectivity index (χ4v) is 8.63. The summed E-state index contributed by atoms with van der Waals surface area (Å²) in [4.78, 5) is 38.4. The molecule has 0 atom stereocenters. The van der Waals surface area contributed by atoms with Crippen LogP contribution in [0.15, 0.2) is 16.3 Å². The molecule has 2 N–H and O–H groups in total. The molecule has 0 spiro atoms. The molecule has 0 saturated carbocycles. The van der Waals surface area contributed by atoms with Crippen LogP contribution in [0.5, 0.6) is 0 Å². The summed E-state index contributed by atoms with van der Waals surface area (Å²) in [5, 5.41) is 5.49. The number of methoxy groups -OCH3 is 1. The zero-order valence-electron chi connectivity index (χ0n) is 18.4. The number of imide groups is 1. The molecule has 3 heterocycles. The van der Waals surface area contributed by atoms with Gasteiger partial charge in [0, 0.05) is 23.9 Å². The molecule has 2 aliphatic rings. The second-order valence-corrected chi connectivity index (χ2v) is 13.1. The number of sulfonamides is 1. The third-order valence-corrected chi connectivity index (χ3v) is 10.8. The van der Waals surface area contributed by atoms with Gasteiger partial charge in [-0.1, -0.05) is 11.6 Å². The van der Waals surface area contributed by atoms with Gasteiger partial charge in [-0.3, -0.25) is 14.9 Å². The molecular weight excluding hydrogens is 522 g/mol. The van der Waals surface area contributed by atoms with Crippen LogP contribution >= 0.6 is 34.3 Å². The van der Waals surface area contributed by atoms with Crippen LogP contribution in [0.4, 0.5) is 9.80 Å². The fraction of sp³-hybridized carbons (Fsp3) is 0.476. The molecule has 0 radical (unpaired) electrons. The van der Waals surface area contributed by atoms with Crippen LogP contribution in [-0.2, 0) is 32.4 Å². The first-order chi connectivity index (χ1) is 16.2. The molecule has 1 aliphatic carbocycles. The average Bonchev–Trinajstić information content (AvgIpc) is 3.42. The Labute approximate surface area is 210 Å². The van der Waals surface area contributed by atoms with Crippen molar-refractivity contribution in [2.75, 3.05) is 25.5 Å². The van der Waals surface area contributed by atoms with Gasteiger partial charge in [0.2, 0.25) is 5.91 Å². The number of hydrogen-bond acceptors (Lipinski definition) is 8. The molecule has 2 aromatic heterocycles. The molecule has 34 heavy (non-hydrogen) atoms. The Bertz CT molecular complexity index is 1210. The van der Waals surface area contributed by atoms with Crippen molar-refractivity contribution in [2.24, 2.45) is 5.92 Å². The minimum absolute atomic E-state index is 0.186. The second-order valence-electron chi connectivity index (χ2n) is 8.09. The summed E-state index contributed by atoms with van der Waals surface area (Å²) >= 11 is 8.25. The van der Waals surface area contributed by atoms with Gasteiger partial charge in [0.05, 0.1) is 17.0 Å². The van der Waals surface area contributed by atoms with Crippen molar-refractivity contribution in [1.82, 2.24) is 9.62 Å². The highest BCUT2D eigenvalue weighted by Crippen LogP contribution is 2.39. The number of halogens is 1. The topological polar surface area (TPSA) is 122 Å². The van der Waals surface area contributed by atoms with E-state index in [4.69, 9.17) is 11.6 Å². The van der Waals surface area contributed by atoms with Crippen LogP contribution in [0.2, 0.25) is 4.34 Å². The average molecular weight is 546 g/mol. The van der Waals surface area contributed by atoms with Crippen LogP contribution < -0.4 is 10.6 Å². The summed E-state index contributed by atoms with van der Waals surface area (Å²) in [6.45, 7) is 0.430. The van der Waals surface area contributed by atoms with Crippen LogP contribution in [0.1, 0.15) is 46.5 Å². The Kier molecular flexibility index (Phi) is 7.63. The van der Waals surface area contributed by atoms with Gasteiger partial charge in [-0.15, -0.1) is 22.7 Å². The lowest BCUT2D eigenvalue weighted by Crippen LogP contribution is -2.41. The van der Waals surface area contributed by atoms with E-state index in [1.807, 2.05) is 0 Å². The van der Waals surface area contributed by atoms with Crippen molar-refractivity contribution in [2.45, 2.75) is 42.7 Å². The van der Waals surface area contributed by atoms with Crippen molar-refractivity contribution in [3.63, 3.8) is 0 Å². The number of thiophene rings is 2. The van der Waals surface area contributed by atoms with Gasteiger partial charge in [-0.2, -0.15) is 4.31 Å². The lowest BCUT2D eigenvalue weighted by atomic mass is 9.94. The third-order valence-electron chi connectivity index (χ3n) is 6.00. The number of hydrogen-bond donors (Lipinski definition) is 2. The number of piperidine rings is 1. The van der Waals surface area contributed by atoms with Crippen LogP contribution in [0.3, 0.4) is 0 Å². The van der Waals surface area contributed by atoms with Crippen LogP contribution in [0, 0.1) is 5.92 Å². The highest BCUT2D eigenvalue weighted by molar-refractivity contribution is 7.91. The number of amides is 3. The molecule has 1 saturated heterocycles. The number of nitrogens with zero attached hydrogens (tertiary/aromatic N) is 1. The molecule has 2 aromatic rings. The molecule has 0 unspecified atom stereocenters. The van der Waals surface area contributed by atoms with E-state index in [-0.39, 0.29) is 23.2 Å². The summed E-state index contributed by atoms with van der Waals surface area (Å²) in [7, 11) is -2.47. The first-order valence-electron chi connectivity index (χ1n) is 10.8. The number of alkyl carbamates (subject to hydrolysis) is 1. The summed E-state index contributed by atoms with van der Waals surface area (Å²) in [5.74, 6) is -1.26. The molecule has 9 nitrogen and oxygen atoms in total. The zero-order valence-corrected chi connectivity index (χ0v) is 21.6. The van der Waals surface area contributed by atoms with Gasteiger partial charge in [0.25, 0.3) is 15.9 Å². The Hall–Kier alpha value is -1.99. The molecule has 4 rings (SSSR count). The van der Waals surface area contributed by atoms with Gasteiger partial charge in [0.1, 0.15) is 9.21 Å². The number of rotatable bonds is 5. The Morgan fingerprint density at radius 2 is 1.82 bits per heavy atom. The Balaban J connectivity index is 1.46. The van der Waals surface area contributed by atoms with Crippen molar-refractivity contribution in [3.8, 4) is 0 Å². The Morgan fingerprint density at radius 1 is 1.12 bits per heavy atom. The van der Waals surface area contributed by atoms with Gasteiger partial charge < -0.3 is 10.1 Å². The number of fused-ring (bicyclic) bond motifs is 1. The molecular formula is C21H24ClN3O6S3. The number of nitrogens with one attached hydrogen (secondary N) is 2. The second kappa shape index (κ2) is 10.3. The minimum atomic E-state index is -3.64. The molecule has 3 amide bonds. The molecule has 184 valence electrons. The smallest absolute Gasteiger partial charge is 0.413 e. The van der Waals surface area contributed by atoms with Crippen LogP contribution in [-0.4, -0.2) is 50.8 Å². The summed E-state index contributed by atoms with van der Waals surface area (Å²) in [6.07, 6.45) is 3.31. The van der Waals surface area contributed by atoms with E-state index < -0.39 is 27.9 Å². The number of anilines is 1. The van der Waals surface area contributed by atoms with E-state index in [9.17, 15) is 22.8 Å². The van der Waals surface area contributed by atoms with Crippen molar-refractivity contribution in [3.05, 3.63) is 32.5 Å². The van der Waals surface area contributed by atoms with Crippen molar-refractivity contribution >= 4 is 67.2 Å². The normalized spacial score (nSPS) is 17.1. The molecule has 13 heteroatoms. The maximum atomic E-state index is 13.1. The predicted octanol–water partition coefficient (Wildman–Crippen LogP) is 3.88. The van der Waals surface area contributed by atoms with E-state index in [0.717, 1.165) is 41.0 Å². The zero-order chi connectivity index (χ0) is 24.5. The molecule has 0 bridgehead atoms. The number of ether oxygens (including phenoxy) is 1. The first kappa shape index (κ1) is 25.1. The lowest BCUT2D eigenvalue weighted by molar-refractivity contribution is -0.120. The molecule has 1 aliphatic heterocycles. The first-order valence-corrected chi connectivity index (χ1v) is 14.3. The van der Waals surface area contributed by atoms with E-state index in [1.54, 1.807) is 6.07 Å². The maximum absolute atomic E-state index is 13.1. The summed E-state index contributed by atoms with van der Waals surface area (Å²) in [6, 6.07) is 3.04. The SMILES string of the molecule is COC(=O)NC(=O)c1c(NC(=O)C2CCN(S(=O)(=O)c3ccc(Cl)s3)CC2)sc2c1CCCC2. The number of carbonyl (C=O) groups is 3. The fourth-order valence-electron chi connectivity index (χ4n) is 4.24. The third kappa shape index (κ3) is 5.15. The quantitative estimate of drug-likeness (QED) is 0.588. The van der Waals surface area contributed by atoms with Crippen LogP contribution in [0.25, 0.3) is 0 Å². The lowest BCUT2D eigenvalue weighted by Gasteiger charge is -2.30. The summed E-state index contributed by atoms with van der Waals surface area (Å²) in [5.41, 5.74) is 1.18. The molecule has 1 fully saturated rings. The summed E-state index contributed by atoms with van der Waals surface area (Å²) < 4.78 is 32.1. The number of aryl methyl sites for hydroxylation is 1. The highest BCUT2D eigenvalue weighted by Gasteiger charge is 2.34. The highest BCUT2D eigenvalue weighted by atomic mass is 35.5. The van der Waals surface area contributed by atoms with Crippen molar-refractivity contribution in [1.29, 1.82) is 0 Å². The van der Waals surface area contributed by atoms with E-state index in [0.29, 0.717) is 34.2 Å². The standard InChI is InChI=1S/C21H24ClN3O6S3/c1-31-21(28)24-19(27)17-13-4-2-3-5-14(13)32-20(17)23-18(26)12-8-10-25(11-9-12)34(29,30)16-7-6-15(22)33-16/h6-7,12H,2-5,8-11H2,1H3,(H,23,26)(H,24,27,28). The van der Waals surface area contributed by atoms with Gasteiger partial charge in [-0.25, -0.2) is 13.2 Å². The maximum Gasteiger partial charge on any atom is 0.413 e. The minimum Gasteiger partial charge on any atom is -0.453 e. The van der Waals surface area contributed by atoms with Gasteiger partial charge >= 0.3 is 6.09 Å². The van der Waals surface area contributed by atoms with E-state index in [1.165, 1.54) is 28.8 Å². The van der Waals surface area contributed by atoms with Gasteiger partial charge in [-0.05, 0) is 56.2 Å². The molecule has 0 aromatic carbocycles. The van der Waals surface area contributed by atoms with E-state index >= 15 is 0 Å². The number of carbonyl (C=O) groups excluding carboxylic acids is 3. The largest absolute Gasteiger partial charge is 0.453 e.